The quantitative estimate of drug-likeness (QED) is 0.161. The number of aryl methyl sites for hydroxylation is 2. The summed E-state index contributed by atoms with van der Waals surface area (Å²) in [6.45, 7) is 0.454. The minimum absolute atomic E-state index is 0.0272. The van der Waals surface area contributed by atoms with Crippen LogP contribution < -0.4 is 10.1 Å². The first-order valence-electron chi connectivity index (χ1n) is 12.4. The molecule has 37 heavy (non-hydrogen) atoms. The van der Waals surface area contributed by atoms with Gasteiger partial charge in [-0.3, -0.25) is 9.36 Å². The predicted molar refractivity (Wildman–Crippen MR) is 150 cm³/mol. The maximum atomic E-state index is 12.4. The van der Waals surface area contributed by atoms with Gasteiger partial charge in [0.2, 0.25) is 5.91 Å². The van der Waals surface area contributed by atoms with Crippen molar-refractivity contribution in [2.75, 3.05) is 12.9 Å². The predicted octanol–water partition coefficient (Wildman–Crippen LogP) is 6.29. The van der Waals surface area contributed by atoms with Crippen LogP contribution >= 0.6 is 23.4 Å². The second-order valence-corrected chi connectivity index (χ2v) is 10.1. The lowest BCUT2D eigenvalue weighted by molar-refractivity contribution is -0.121. The van der Waals surface area contributed by atoms with Crippen molar-refractivity contribution in [2.24, 2.45) is 0 Å². The van der Waals surface area contributed by atoms with Gasteiger partial charge in [-0.15, -0.1) is 10.2 Å². The highest BCUT2D eigenvalue weighted by Gasteiger charge is 2.15. The number of methoxy groups -OCH3 is 1. The van der Waals surface area contributed by atoms with Crippen LogP contribution in [0.3, 0.4) is 0 Å². The molecule has 192 valence electrons. The third kappa shape index (κ3) is 7.84. The number of hydrogen-bond donors (Lipinski definition) is 1. The third-order valence-electron chi connectivity index (χ3n) is 5.95. The van der Waals surface area contributed by atoms with Crippen LogP contribution in [0.5, 0.6) is 5.75 Å². The number of hydrogen-bond acceptors (Lipinski definition) is 5. The minimum atomic E-state index is 0.0272. The van der Waals surface area contributed by atoms with Gasteiger partial charge in [0, 0.05) is 35.7 Å². The first kappa shape index (κ1) is 26.8. The van der Waals surface area contributed by atoms with Crippen LogP contribution in [0, 0.1) is 0 Å². The van der Waals surface area contributed by atoms with Crippen LogP contribution in [-0.2, 0) is 24.2 Å². The molecule has 0 saturated carbocycles. The summed E-state index contributed by atoms with van der Waals surface area (Å²) in [7, 11) is 1.63. The number of thioether (sulfide) groups is 1. The van der Waals surface area contributed by atoms with Crippen molar-refractivity contribution in [3.05, 3.63) is 101 Å². The molecule has 4 rings (SSSR count). The zero-order chi connectivity index (χ0) is 25.9. The lowest BCUT2D eigenvalue weighted by Gasteiger charge is -2.11. The monoisotopic (exact) mass is 534 g/mol. The fraction of sp³-hybridized carbons (Fsp3) is 0.276. The molecule has 1 amide bonds. The molecule has 3 aromatic carbocycles. The Morgan fingerprint density at radius 3 is 2.59 bits per heavy atom. The summed E-state index contributed by atoms with van der Waals surface area (Å²) < 4.78 is 7.44. The number of halogens is 1. The maximum Gasteiger partial charge on any atom is 0.220 e. The largest absolute Gasteiger partial charge is 0.496 e. The van der Waals surface area contributed by atoms with Crippen LogP contribution in [0.15, 0.2) is 84.0 Å². The molecule has 6 nitrogen and oxygen atoms in total. The molecule has 0 fully saturated rings. The summed E-state index contributed by atoms with van der Waals surface area (Å²) in [6.07, 6.45) is 3.72. The second-order valence-electron chi connectivity index (χ2n) is 8.59. The molecule has 0 atom stereocenters. The summed E-state index contributed by atoms with van der Waals surface area (Å²) >= 11 is 7.98. The van der Waals surface area contributed by atoms with Crippen LogP contribution in [0.2, 0.25) is 5.02 Å². The molecule has 0 aliphatic carbocycles. The van der Waals surface area contributed by atoms with Crippen molar-refractivity contribution in [2.45, 2.75) is 43.8 Å². The SMILES string of the molecule is COc1ccccc1CNC(=O)CCCCc1nnc(SCCc2ccccc2)n1-c1cccc(Cl)c1. The molecular formula is C29H31ClN4O2S. The number of aromatic nitrogens is 3. The standard InChI is InChI=1S/C29H31ClN4O2S/c1-36-26-15-6-5-12-23(26)21-31-28(35)17-8-7-16-27-32-33-29(34(27)25-14-9-13-24(30)20-25)37-19-18-22-10-3-2-4-11-22/h2-6,9-15,20H,7-8,16-19,21H2,1H3,(H,31,35). The van der Waals surface area contributed by atoms with E-state index in [1.165, 1.54) is 5.56 Å². The number of nitrogens with one attached hydrogen (secondary N) is 1. The molecule has 0 aliphatic rings. The number of nitrogens with zero attached hydrogens (tertiary/aromatic N) is 3. The number of para-hydroxylation sites is 1. The number of carbonyl (C=O) groups excluding carboxylic acids is 1. The molecule has 1 N–H and O–H groups in total. The molecular weight excluding hydrogens is 504 g/mol. The average molecular weight is 535 g/mol. The van der Waals surface area contributed by atoms with E-state index in [1.54, 1.807) is 18.9 Å². The Kier molecular flexibility index (Phi) is 10.0. The molecule has 0 spiro atoms. The zero-order valence-electron chi connectivity index (χ0n) is 20.9. The molecule has 0 unspecified atom stereocenters. The summed E-state index contributed by atoms with van der Waals surface area (Å²) in [4.78, 5) is 12.4. The lowest BCUT2D eigenvalue weighted by Crippen LogP contribution is -2.22. The maximum absolute atomic E-state index is 12.4. The number of unbranched alkanes of at least 4 members (excludes halogenated alkanes) is 1. The van der Waals surface area contributed by atoms with Crippen molar-refractivity contribution >= 4 is 29.3 Å². The van der Waals surface area contributed by atoms with Crippen molar-refractivity contribution in [3.63, 3.8) is 0 Å². The molecule has 0 bridgehead atoms. The Hall–Kier alpha value is -3.29. The van der Waals surface area contributed by atoms with Crippen molar-refractivity contribution in [1.82, 2.24) is 20.1 Å². The zero-order valence-corrected chi connectivity index (χ0v) is 22.5. The minimum Gasteiger partial charge on any atom is -0.496 e. The van der Waals surface area contributed by atoms with E-state index in [0.29, 0.717) is 18.0 Å². The van der Waals surface area contributed by atoms with Crippen molar-refractivity contribution in [3.8, 4) is 11.4 Å². The number of ether oxygens (including phenoxy) is 1. The molecule has 1 aromatic heterocycles. The topological polar surface area (TPSA) is 69.0 Å². The van der Waals surface area contributed by atoms with E-state index >= 15 is 0 Å². The van der Waals surface area contributed by atoms with Gasteiger partial charge in [-0.2, -0.15) is 0 Å². The molecule has 0 radical (unpaired) electrons. The number of benzene rings is 3. The van der Waals surface area contributed by atoms with Crippen LogP contribution in [0.1, 0.15) is 36.2 Å². The Morgan fingerprint density at radius 2 is 1.78 bits per heavy atom. The van der Waals surface area contributed by atoms with Gasteiger partial charge in [-0.1, -0.05) is 78.0 Å². The van der Waals surface area contributed by atoms with Gasteiger partial charge in [0.15, 0.2) is 5.16 Å². The van der Waals surface area contributed by atoms with E-state index in [2.05, 4.69) is 44.3 Å². The van der Waals surface area contributed by atoms with Gasteiger partial charge in [0.1, 0.15) is 11.6 Å². The average Bonchev–Trinajstić information content (AvgIpc) is 3.33. The van der Waals surface area contributed by atoms with Gasteiger partial charge in [-0.25, -0.2) is 0 Å². The van der Waals surface area contributed by atoms with E-state index in [-0.39, 0.29) is 5.91 Å². The van der Waals surface area contributed by atoms with Crippen LogP contribution in [-0.4, -0.2) is 33.5 Å². The fourth-order valence-corrected chi connectivity index (χ4v) is 5.18. The summed E-state index contributed by atoms with van der Waals surface area (Å²) in [6, 6.07) is 25.9. The first-order chi connectivity index (χ1) is 18.1. The normalized spacial score (nSPS) is 10.9. The second kappa shape index (κ2) is 13.9. The van der Waals surface area contributed by atoms with Crippen LogP contribution in [0.25, 0.3) is 5.69 Å². The third-order valence-corrected chi connectivity index (χ3v) is 7.12. The molecule has 1 heterocycles. The Morgan fingerprint density at radius 1 is 0.973 bits per heavy atom. The first-order valence-corrected chi connectivity index (χ1v) is 13.8. The Balaban J connectivity index is 1.32. The fourth-order valence-electron chi connectivity index (χ4n) is 4.03. The Bertz CT molecular complexity index is 1300. The van der Waals surface area contributed by atoms with Gasteiger partial charge < -0.3 is 10.1 Å². The van der Waals surface area contributed by atoms with E-state index in [4.69, 9.17) is 16.3 Å². The van der Waals surface area contributed by atoms with Crippen LogP contribution in [0.4, 0.5) is 0 Å². The smallest absolute Gasteiger partial charge is 0.220 e. The summed E-state index contributed by atoms with van der Waals surface area (Å²) in [5.41, 5.74) is 3.21. The van der Waals surface area contributed by atoms with E-state index < -0.39 is 0 Å². The molecule has 0 saturated heterocycles. The van der Waals surface area contributed by atoms with E-state index in [1.807, 2.05) is 54.6 Å². The highest BCUT2D eigenvalue weighted by atomic mass is 35.5. The highest BCUT2D eigenvalue weighted by molar-refractivity contribution is 7.99. The highest BCUT2D eigenvalue weighted by Crippen LogP contribution is 2.25. The van der Waals surface area contributed by atoms with Gasteiger partial charge in [0.25, 0.3) is 0 Å². The number of rotatable bonds is 13. The van der Waals surface area contributed by atoms with E-state index in [9.17, 15) is 4.79 Å². The lowest BCUT2D eigenvalue weighted by atomic mass is 10.1. The molecule has 0 aliphatic heterocycles. The molecule has 4 aromatic rings. The van der Waals surface area contributed by atoms with E-state index in [0.717, 1.165) is 59.4 Å². The van der Waals surface area contributed by atoms with Gasteiger partial charge in [-0.05, 0) is 49.1 Å². The van der Waals surface area contributed by atoms with Crippen molar-refractivity contribution in [1.29, 1.82) is 0 Å². The van der Waals surface area contributed by atoms with Crippen molar-refractivity contribution < 1.29 is 9.53 Å². The number of amides is 1. The Labute approximate surface area is 227 Å². The number of carbonyl (C=O) groups is 1. The summed E-state index contributed by atoms with van der Waals surface area (Å²) in [5, 5.41) is 13.5. The van der Waals surface area contributed by atoms with Gasteiger partial charge >= 0.3 is 0 Å². The summed E-state index contributed by atoms with van der Waals surface area (Å²) in [5.74, 6) is 2.58. The van der Waals surface area contributed by atoms with Gasteiger partial charge in [0.05, 0.1) is 12.8 Å². The molecule has 8 heteroatoms.